The summed E-state index contributed by atoms with van der Waals surface area (Å²) in [5.74, 6) is 0. The van der Waals surface area contributed by atoms with E-state index in [1.807, 2.05) is 19.9 Å². The molecule has 1 aliphatic rings. The molecule has 1 aliphatic heterocycles. The highest BCUT2D eigenvalue weighted by Crippen LogP contribution is 2.21. The van der Waals surface area contributed by atoms with Crippen molar-refractivity contribution < 1.29 is 9.53 Å². The van der Waals surface area contributed by atoms with E-state index in [0.29, 0.717) is 30.9 Å². The van der Waals surface area contributed by atoms with E-state index in [4.69, 9.17) is 4.74 Å². The molecule has 126 valence electrons. The topological polar surface area (TPSA) is 93.1 Å². The average Bonchev–Trinajstić information content (AvgIpc) is 3.04. The summed E-state index contributed by atoms with van der Waals surface area (Å²) in [6, 6.07) is 3.41. The number of aromatic amines is 1. The molecular formula is C16H19N5O3. The van der Waals surface area contributed by atoms with Crippen LogP contribution in [0.5, 0.6) is 0 Å². The molecule has 3 rings (SSSR count). The summed E-state index contributed by atoms with van der Waals surface area (Å²) in [7, 11) is 0. The van der Waals surface area contributed by atoms with Crippen LogP contribution in [0.25, 0.3) is 11.3 Å². The zero-order valence-electron chi connectivity index (χ0n) is 13.6. The Kier molecular flexibility index (Phi) is 4.45. The number of H-pyrrole nitrogens is 1. The lowest BCUT2D eigenvalue weighted by Gasteiger charge is -2.26. The van der Waals surface area contributed by atoms with E-state index >= 15 is 0 Å². The van der Waals surface area contributed by atoms with Gasteiger partial charge in [-0.15, -0.1) is 5.10 Å². The predicted octanol–water partition coefficient (Wildman–Crippen LogP) is 1.59. The van der Waals surface area contributed by atoms with Gasteiger partial charge in [-0.2, -0.15) is 0 Å². The zero-order chi connectivity index (χ0) is 17.1. The molecule has 0 bridgehead atoms. The van der Waals surface area contributed by atoms with Gasteiger partial charge < -0.3 is 14.6 Å². The van der Waals surface area contributed by atoms with Gasteiger partial charge in [0, 0.05) is 19.3 Å². The molecule has 0 unspecified atom stereocenters. The third-order valence-electron chi connectivity index (χ3n) is 3.67. The Balaban J connectivity index is 1.73. The molecular weight excluding hydrogens is 310 g/mol. The van der Waals surface area contributed by atoms with Gasteiger partial charge in [-0.25, -0.2) is 9.48 Å². The number of carbonyl (C=O) groups is 1. The molecule has 8 nitrogen and oxygen atoms in total. The number of amides is 1. The van der Waals surface area contributed by atoms with Crippen molar-refractivity contribution >= 4 is 11.7 Å². The Morgan fingerprint density at radius 2 is 2.25 bits per heavy atom. The Labute approximate surface area is 138 Å². The van der Waals surface area contributed by atoms with Crippen molar-refractivity contribution in [1.82, 2.24) is 24.9 Å². The molecule has 8 heteroatoms. The average molecular weight is 329 g/mol. The highest BCUT2D eigenvalue weighted by atomic mass is 16.6. The van der Waals surface area contributed by atoms with Crippen LogP contribution in [0.3, 0.4) is 0 Å². The number of ether oxygens (including phenoxy) is 1. The maximum Gasteiger partial charge on any atom is 0.410 e. The van der Waals surface area contributed by atoms with Gasteiger partial charge in [0.2, 0.25) is 0 Å². The molecule has 0 spiro atoms. The second kappa shape index (κ2) is 6.69. The highest BCUT2D eigenvalue weighted by Gasteiger charge is 2.21. The highest BCUT2D eigenvalue weighted by molar-refractivity contribution is 5.71. The van der Waals surface area contributed by atoms with Crippen molar-refractivity contribution in [3.05, 3.63) is 46.7 Å². The first-order valence-corrected chi connectivity index (χ1v) is 7.80. The molecule has 0 aliphatic carbocycles. The first-order valence-electron chi connectivity index (χ1n) is 7.80. The monoisotopic (exact) mass is 329 g/mol. The van der Waals surface area contributed by atoms with Gasteiger partial charge in [-0.3, -0.25) is 4.79 Å². The predicted molar refractivity (Wildman–Crippen MR) is 87.8 cm³/mol. The van der Waals surface area contributed by atoms with Crippen LogP contribution >= 0.6 is 0 Å². The summed E-state index contributed by atoms with van der Waals surface area (Å²) in [6.07, 6.45) is 5.45. The van der Waals surface area contributed by atoms with Gasteiger partial charge in [-0.05, 0) is 38.0 Å². The van der Waals surface area contributed by atoms with Crippen LogP contribution in [0.15, 0.2) is 35.4 Å². The minimum absolute atomic E-state index is 0.133. The number of pyridine rings is 1. The number of nitrogens with zero attached hydrogens (tertiary/aromatic N) is 4. The molecule has 0 atom stereocenters. The van der Waals surface area contributed by atoms with Crippen molar-refractivity contribution in [2.24, 2.45) is 0 Å². The molecule has 0 saturated carbocycles. The van der Waals surface area contributed by atoms with Crippen molar-refractivity contribution in [2.75, 3.05) is 13.1 Å². The largest absolute Gasteiger partial charge is 0.447 e. The lowest BCUT2D eigenvalue weighted by atomic mass is 10.1. The summed E-state index contributed by atoms with van der Waals surface area (Å²) < 4.78 is 6.65. The summed E-state index contributed by atoms with van der Waals surface area (Å²) in [5.41, 5.74) is 1.89. The molecule has 0 saturated heterocycles. The number of hydrogen-bond acceptors (Lipinski definition) is 5. The van der Waals surface area contributed by atoms with Crippen molar-refractivity contribution in [2.45, 2.75) is 26.4 Å². The smallest absolute Gasteiger partial charge is 0.410 e. The summed E-state index contributed by atoms with van der Waals surface area (Å²) in [4.78, 5) is 27.9. The van der Waals surface area contributed by atoms with Crippen molar-refractivity contribution in [3.63, 3.8) is 0 Å². The number of nitrogens with one attached hydrogen (secondary N) is 1. The van der Waals surface area contributed by atoms with E-state index in [0.717, 1.165) is 5.57 Å². The van der Waals surface area contributed by atoms with Crippen molar-refractivity contribution in [3.8, 4) is 5.69 Å². The molecule has 3 heterocycles. The second-order valence-electron chi connectivity index (χ2n) is 5.79. The van der Waals surface area contributed by atoms with Gasteiger partial charge in [-0.1, -0.05) is 11.3 Å². The van der Waals surface area contributed by atoms with E-state index in [1.165, 1.54) is 4.68 Å². The number of rotatable bonds is 3. The van der Waals surface area contributed by atoms with Gasteiger partial charge in [0.05, 0.1) is 12.3 Å². The van der Waals surface area contributed by atoms with Gasteiger partial charge >= 0.3 is 6.09 Å². The molecule has 1 N–H and O–H groups in total. The standard InChI is InChI=1S/C16H19N5O3/c1-11(2)24-16(23)20-8-5-12(6-9-20)13-10-21(19-18-13)14-4-3-7-17-15(14)22/h3-5,7,10-11H,6,8-9H2,1-2H3,(H,17,22). The molecule has 0 radical (unpaired) electrons. The van der Waals surface area contributed by atoms with Crippen molar-refractivity contribution in [1.29, 1.82) is 0 Å². The molecule has 24 heavy (non-hydrogen) atoms. The fraction of sp³-hybridized carbons (Fsp3) is 0.375. The van der Waals surface area contributed by atoms with Gasteiger partial charge in [0.25, 0.3) is 5.56 Å². The normalized spacial score (nSPS) is 14.6. The third kappa shape index (κ3) is 3.37. The van der Waals surface area contributed by atoms with E-state index in [-0.39, 0.29) is 17.8 Å². The quantitative estimate of drug-likeness (QED) is 0.923. The Bertz CT molecular complexity index is 821. The van der Waals surface area contributed by atoms with Crippen LogP contribution in [-0.4, -0.2) is 50.2 Å². The Morgan fingerprint density at radius 3 is 2.92 bits per heavy atom. The third-order valence-corrected chi connectivity index (χ3v) is 3.67. The number of aromatic nitrogens is 4. The first kappa shape index (κ1) is 16.0. The van der Waals surface area contributed by atoms with Crippen LogP contribution < -0.4 is 5.56 Å². The van der Waals surface area contributed by atoms with E-state index in [9.17, 15) is 9.59 Å². The molecule has 1 amide bonds. The van der Waals surface area contributed by atoms with E-state index < -0.39 is 0 Å². The molecule has 0 aromatic carbocycles. The summed E-state index contributed by atoms with van der Waals surface area (Å²) >= 11 is 0. The van der Waals surface area contributed by atoms with Crippen LogP contribution in [-0.2, 0) is 4.74 Å². The van der Waals surface area contributed by atoms with Crippen LogP contribution in [0.2, 0.25) is 0 Å². The number of carbonyl (C=O) groups excluding carboxylic acids is 1. The fourth-order valence-corrected chi connectivity index (χ4v) is 2.47. The van der Waals surface area contributed by atoms with Crippen LogP contribution in [0, 0.1) is 0 Å². The van der Waals surface area contributed by atoms with Crippen LogP contribution in [0.1, 0.15) is 26.0 Å². The van der Waals surface area contributed by atoms with Crippen LogP contribution in [0.4, 0.5) is 4.79 Å². The molecule has 2 aromatic heterocycles. The molecule has 2 aromatic rings. The maximum atomic E-state index is 11.9. The lowest BCUT2D eigenvalue weighted by molar-refractivity contribution is 0.0799. The summed E-state index contributed by atoms with van der Waals surface area (Å²) in [6.45, 7) is 4.69. The first-order chi connectivity index (χ1) is 11.5. The lowest BCUT2D eigenvalue weighted by Crippen LogP contribution is -2.36. The zero-order valence-corrected chi connectivity index (χ0v) is 13.6. The van der Waals surface area contributed by atoms with E-state index in [2.05, 4.69) is 15.3 Å². The minimum Gasteiger partial charge on any atom is -0.447 e. The fourth-order valence-electron chi connectivity index (χ4n) is 2.47. The SMILES string of the molecule is CC(C)OC(=O)N1CC=C(c2cn(-c3ccc[nH]c3=O)nn2)CC1. The second-order valence-corrected chi connectivity index (χ2v) is 5.79. The minimum atomic E-state index is -0.306. The maximum absolute atomic E-state index is 11.9. The van der Waals surface area contributed by atoms with E-state index in [1.54, 1.807) is 29.4 Å². The number of hydrogen-bond donors (Lipinski definition) is 1. The summed E-state index contributed by atoms with van der Waals surface area (Å²) in [5, 5.41) is 8.15. The van der Waals surface area contributed by atoms with Gasteiger partial charge in [0.15, 0.2) is 0 Å². The Hall–Kier alpha value is -2.90. The molecule has 0 fully saturated rings. The Morgan fingerprint density at radius 1 is 1.42 bits per heavy atom. The van der Waals surface area contributed by atoms with Gasteiger partial charge in [0.1, 0.15) is 11.4 Å².